The number of hydrogen-bond acceptors (Lipinski definition) is 4. The number of nitrogen functional groups attached to an aromatic ring is 1. The molecule has 1 heterocycles. The van der Waals surface area contributed by atoms with Crippen LogP contribution in [0.2, 0.25) is 5.02 Å². The minimum atomic E-state index is -0.518. The number of hydrogen-bond donors (Lipinski definition) is 2. The molecule has 18 heavy (non-hydrogen) atoms. The average Bonchev–Trinajstić information content (AvgIpc) is 2.36. The van der Waals surface area contributed by atoms with Crippen LogP contribution in [0.15, 0.2) is 24.3 Å². The van der Waals surface area contributed by atoms with Crippen molar-refractivity contribution in [1.29, 1.82) is 0 Å². The van der Waals surface area contributed by atoms with Gasteiger partial charge in [0.15, 0.2) is 0 Å². The van der Waals surface area contributed by atoms with Crippen LogP contribution in [-0.2, 0) is 10.3 Å². The SMILES string of the molecule is COC(C)(C)c1nc2ccc(Cl)cc2cc1NN. The molecule has 0 aliphatic heterocycles. The van der Waals surface area contributed by atoms with Gasteiger partial charge in [0.25, 0.3) is 0 Å². The van der Waals surface area contributed by atoms with Gasteiger partial charge >= 0.3 is 0 Å². The van der Waals surface area contributed by atoms with Crippen molar-refractivity contribution in [2.24, 2.45) is 5.84 Å². The van der Waals surface area contributed by atoms with E-state index in [4.69, 9.17) is 22.2 Å². The van der Waals surface area contributed by atoms with E-state index in [0.717, 1.165) is 22.3 Å². The van der Waals surface area contributed by atoms with Crippen molar-refractivity contribution in [3.05, 3.63) is 35.0 Å². The Balaban J connectivity index is 2.70. The zero-order valence-electron chi connectivity index (χ0n) is 10.6. The number of nitrogens with zero attached hydrogens (tertiary/aromatic N) is 1. The summed E-state index contributed by atoms with van der Waals surface area (Å²) >= 11 is 5.97. The zero-order valence-corrected chi connectivity index (χ0v) is 11.4. The van der Waals surface area contributed by atoms with Gasteiger partial charge in [0.2, 0.25) is 0 Å². The summed E-state index contributed by atoms with van der Waals surface area (Å²) in [5, 5.41) is 1.61. The molecule has 0 fully saturated rings. The lowest BCUT2D eigenvalue weighted by Gasteiger charge is -2.25. The Hall–Kier alpha value is -1.36. The van der Waals surface area contributed by atoms with Crippen LogP contribution in [-0.4, -0.2) is 12.1 Å². The molecule has 1 aromatic carbocycles. The predicted molar refractivity (Wildman–Crippen MR) is 74.6 cm³/mol. The molecular weight excluding hydrogens is 250 g/mol. The summed E-state index contributed by atoms with van der Waals surface area (Å²) < 4.78 is 5.45. The van der Waals surface area contributed by atoms with Gasteiger partial charge in [0.05, 0.1) is 16.9 Å². The van der Waals surface area contributed by atoms with E-state index in [1.54, 1.807) is 7.11 Å². The Morgan fingerprint density at radius 3 is 2.67 bits per heavy atom. The second kappa shape index (κ2) is 4.72. The molecule has 4 nitrogen and oxygen atoms in total. The maximum absolute atomic E-state index is 5.97. The van der Waals surface area contributed by atoms with Crippen LogP contribution in [0.5, 0.6) is 0 Å². The Morgan fingerprint density at radius 2 is 2.06 bits per heavy atom. The van der Waals surface area contributed by atoms with Gasteiger partial charge in [-0.15, -0.1) is 0 Å². The molecule has 0 atom stereocenters. The number of hydrazine groups is 1. The van der Waals surface area contributed by atoms with Crippen molar-refractivity contribution in [3.8, 4) is 0 Å². The summed E-state index contributed by atoms with van der Waals surface area (Å²) in [6.45, 7) is 3.88. The smallest absolute Gasteiger partial charge is 0.106 e. The molecule has 0 aliphatic rings. The number of nitrogens with two attached hydrogens (primary N) is 1. The number of halogens is 1. The number of ether oxygens (including phenoxy) is 1. The van der Waals surface area contributed by atoms with Crippen LogP contribution in [0.25, 0.3) is 10.9 Å². The number of rotatable bonds is 3. The molecule has 0 spiro atoms. The van der Waals surface area contributed by atoms with Crippen molar-refractivity contribution in [3.63, 3.8) is 0 Å². The Kier molecular flexibility index (Phi) is 3.43. The molecule has 0 radical (unpaired) electrons. The summed E-state index contributed by atoms with van der Waals surface area (Å²) in [7, 11) is 1.65. The van der Waals surface area contributed by atoms with Gasteiger partial charge in [-0.2, -0.15) is 0 Å². The first-order valence-electron chi connectivity index (χ1n) is 5.60. The highest BCUT2D eigenvalue weighted by atomic mass is 35.5. The zero-order chi connectivity index (χ0) is 13.3. The van der Waals surface area contributed by atoms with Gasteiger partial charge in [0, 0.05) is 17.5 Å². The van der Waals surface area contributed by atoms with E-state index in [0.29, 0.717) is 5.02 Å². The largest absolute Gasteiger partial charge is 0.372 e. The van der Waals surface area contributed by atoms with Crippen LogP contribution in [0.4, 0.5) is 5.69 Å². The lowest BCUT2D eigenvalue weighted by Crippen LogP contribution is -2.24. The highest BCUT2D eigenvalue weighted by Crippen LogP contribution is 2.31. The number of pyridine rings is 1. The van der Waals surface area contributed by atoms with Gasteiger partial charge in [0.1, 0.15) is 5.60 Å². The maximum Gasteiger partial charge on any atom is 0.106 e. The number of aromatic nitrogens is 1. The maximum atomic E-state index is 5.97. The van der Waals surface area contributed by atoms with E-state index in [9.17, 15) is 0 Å². The van der Waals surface area contributed by atoms with Crippen LogP contribution in [0.3, 0.4) is 0 Å². The quantitative estimate of drug-likeness (QED) is 0.661. The summed E-state index contributed by atoms with van der Waals surface area (Å²) in [4.78, 5) is 4.60. The van der Waals surface area contributed by atoms with Crippen LogP contribution >= 0.6 is 11.6 Å². The van der Waals surface area contributed by atoms with E-state index in [1.807, 2.05) is 38.1 Å². The number of methoxy groups -OCH3 is 1. The number of anilines is 1. The molecule has 96 valence electrons. The van der Waals surface area contributed by atoms with E-state index in [-0.39, 0.29) is 0 Å². The standard InChI is InChI=1S/C13H16ClN3O/c1-13(2,18-3)12-11(17-15)7-8-6-9(14)4-5-10(8)16-12/h4-7,17H,15H2,1-3H3. The third-order valence-electron chi connectivity index (χ3n) is 3.01. The van der Waals surface area contributed by atoms with Gasteiger partial charge in [-0.05, 0) is 38.1 Å². The minimum absolute atomic E-state index is 0.518. The topological polar surface area (TPSA) is 60.2 Å². The third kappa shape index (κ3) is 2.27. The number of benzene rings is 1. The molecular formula is C13H16ClN3O. The molecule has 1 aromatic heterocycles. The lowest BCUT2D eigenvalue weighted by atomic mass is 10.0. The highest BCUT2D eigenvalue weighted by Gasteiger charge is 2.25. The minimum Gasteiger partial charge on any atom is -0.372 e. The number of nitrogens with one attached hydrogen (secondary N) is 1. The van der Waals surface area contributed by atoms with Gasteiger partial charge in [-0.3, -0.25) is 5.84 Å². The molecule has 0 amide bonds. The molecule has 0 aliphatic carbocycles. The number of fused-ring (bicyclic) bond motifs is 1. The molecule has 3 N–H and O–H groups in total. The van der Waals surface area contributed by atoms with Crippen LogP contribution < -0.4 is 11.3 Å². The van der Waals surface area contributed by atoms with Crippen molar-refractivity contribution in [2.45, 2.75) is 19.4 Å². The first-order valence-corrected chi connectivity index (χ1v) is 5.98. The van der Waals surface area contributed by atoms with E-state index in [2.05, 4.69) is 10.4 Å². The molecule has 2 rings (SSSR count). The molecule has 5 heteroatoms. The molecule has 2 aromatic rings. The van der Waals surface area contributed by atoms with E-state index in [1.165, 1.54) is 0 Å². The van der Waals surface area contributed by atoms with Gasteiger partial charge < -0.3 is 10.2 Å². The Labute approximate surface area is 111 Å². The summed E-state index contributed by atoms with van der Waals surface area (Å²) in [5.41, 5.74) is 4.50. The fourth-order valence-electron chi connectivity index (χ4n) is 1.81. The summed E-state index contributed by atoms with van der Waals surface area (Å²) in [6.07, 6.45) is 0. The summed E-state index contributed by atoms with van der Waals surface area (Å²) in [6, 6.07) is 7.47. The van der Waals surface area contributed by atoms with Crippen molar-refractivity contribution >= 4 is 28.2 Å². The summed E-state index contributed by atoms with van der Waals surface area (Å²) in [5.74, 6) is 5.55. The molecule has 0 saturated carbocycles. The predicted octanol–water partition coefficient (Wildman–Crippen LogP) is 3.06. The molecule has 0 bridgehead atoms. The molecule has 0 saturated heterocycles. The van der Waals surface area contributed by atoms with Gasteiger partial charge in [-0.25, -0.2) is 4.98 Å². The van der Waals surface area contributed by atoms with E-state index >= 15 is 0 Å². The fraction of sp³-hybridized carbons (Fsp3) is 0.308. The first-order chi connectivity index (χ1) is 8.47. The van der Waals surface area contributed by atoms with Crippen molar-refractivity contribution in [2.75, 3.05) is 12.5 Å². The van der Waals surface area contributed by atoms with Crippen LogP contribution in [0, 0.1) is 0 Å². The fourth-order valence-corrected chi connectivity index (χ4v) is 1.99. The normalized spacial score (nSPS) is 11.8. The third-order valence-corrected chi connectivity index (χ3v) is 3.25. The van der Waals surface area contributed by atoms with Crippen LogP contribution in [0.1, 0.15) is 19.5 Å². The highest BCUT2D eigenvalue weighted by molar-refractivity contribution is 6.31. The second-order valence-electron chi connectivity index (χ2n) is 4.58. The van der Waals surface area contributed by atoms with Gasteiger partial charge in [-0.1, -0.05) is 11.6 Å². The average molecular weight is 266 g/mol. The van der Waals surface area contributed by atoms with E-state index < -0.39 is 5.60 Å². The molecule has 0 unspecified atom stereocenters. The van der Waals surface area contributed by atoms with Crippen molar-refractivity contribution in [1.82, 2.24) is 4.98 Å². The monoisotopic (exact) mass is 265 g/mol. The Bertz CT molecular complexity index is 584. The second-order valence-corrected chi connectivity index (χ2v) is 5.02. The lowest BCUT2D eigenvalue weighted by molar-refractivity contribution is 0.0164. The van der Waals surface area contributed by atoms with Crippen molar-refractivity contribution < 1.29 is 4.74 Å². The Morgan fingerprint density at radius 1 is 1.33 bits per heavy atom. The first kappa shape index (κ1) is 13.1.